The Morgan fingerprint density at radius 2 is 1.27 bits per heavy atom. The van der Waals surface area contributed by atoms with Crippen LogP contribution in [0, 0.1) is 0 Å². The molecule has 0 spiro atoms. The van der Waals surface area contributed by atoms with Gasteiger partial charge in [-0.1, -0.05) is 0 Å². The van der Waals surface area contributed by atoms with E-state index in [0.29, 0.717) is 11.8 Å². The summed E-state index contributed by atoms with van der Waals surface area (Å²) >= 11 is -2.17. The number of hydrogen-bond acceptors (Lipinski definition) is 0. The summed E-state index contributed by atoms with van der Waals surface area (Å²) in [4.78, 5) is 0. The van der Waals surface area contributed by atoms with Crippen molar-refractivity contribution in [2.75, 3.05) is 0 Å². The Hall–Kier alpha value is -2.48. The van der Waals surface area contributed by atoms with Crippen molar-refractivity contribution in [3.8, 4) is 11.1 Å². The van der Waals surface area contributed by atoms with E-state index in [9.17, 15) is 0 Å². The molecule has 0 radical (unpaired) electrons. The van der Waals surface area contributed by atoms with Gasteiger partial charge in [-0.05, 0) is 0 Å². The monoisotopic (exact) mass is 598 g/mol. The molecule has 0 aromatic heterocycles. The molecule has 40 heavy (non-hydrogen) atoms. The number of hydrogen-bond donors (Lipinski definition) is 0. The van der Waals surface area contributed by atoms with Gasteiger partial charge >= 0.3 is 235 Å². The topological polar surface area (TPSA) is 0 Å². The van der Waals surface area contributed by atoms with E-state index >= 15 is 0 Å². The SMILES string of the molecule is CC(C)c1ccc2c(c1)-c1cc(C(C)C)c[c]([Ti+2]([C]3=CC=CC3)=[C](c3ccccc3)c3ccccc3)c1C2.[Cl-].[Cl-]. The fourth-order valence-electron chi connectivity index (χ4n) is 6.00. The van der Waals surface area contributed by atoms with Crippen molar-refractivity contribution in [3.05, 3.63) is 146 Å². The molecular formula is C37H36Cl2Ti. The first-order chi connectivity index (χ1) is 18.5. The van der Waals surface area contributed by atoms with Gasteiger partial charge in [0.1, 0.15) is 0 Å². The van der Waals surface area contributed by atoms with Crippen molar-refractivity contribution >= 4 is 7.68 Å². The minimum absolute atomic E-state index is 0. The summed E-state index contributed by atoms with van der Waals surface area (Å²) in [7, 11) is 0. The molecular weight excluding hydrogens is 563 g/mol. The summed E-state index contributed by atoms with van der Waals surface area (Å²) < 4.78 is 4.86. The second kappa shape index (κ2) is 13.0. The summed E-state index contributed by atoms with van der Waals surface area (Å²) in [6, 6.07) is 34.8. The Morgan fingerprint density at radius 1 is 0.675 bits per heavy atom. The van der Waals surface area contributed by atoms with Crippen LogP contribution >= 0.6 is 0 Å². The van der Waals surface area contributed by atoms with Crippen LogP contribution in [0.2, 0.25) is 0 Å². The average molecular weight is 599 g/mol. The molecule has 0 nitrogen and oxygen atoms in total. The van der Waals surface area contributed by atoms with Gasteiger partial charge in [0.2, 0.25) is 0 Å². The van der Waals surface area contributed by atoms with E-state index in [1.54, 1.807) is 17.1 Å². The largest absolute Gasteiger partial charge is 1.00 e. The van der Waals surface area contributed by atoms with Crippen LogP contribution < -0.4 is 28.7 Å². The van der Waals surface area contributed by atoms with Crippen LogP contribution in [0.4, 0.5) is 0 Å². The maximum Gasteiger partial charge on any atom is -1.00 e. The maximum absolute atomic E-state index is 2.61. The standard InChI is InChI=1S/C19H21.C13H10.C5H5.2ClH.Ti/c1-12(2)14-5-7-16-9-17-8-6-15(13(3)4)11-19(17)18(16)10-14;1-3-7-12(8-4-1)11-13-9-5-2-6-10-13;1-2-4-5-3-1;;;/h5-7,10-13H,9H2,1-4H3;1-10H;1-3H,4H2;2*1H;/q;;;;;+2/p-2. The van der Waals surface area contributed by atoms with Crippen molar-refractivity contribution in [2.45, 2.75) is 52.4 Å². The number of allylic oxidation sites excluding steroid dienone is 4. The molecule has 4 aromatic rings. The van der Waals surface area contributed by atoms with Crippen LogP contribution in [0.3, 0.4) is 0 Å². The summed E-state index contributed by atoms with van der Waals surface area (Å²) in [5.41, 5.74) is 11.7. The van der Waals surface area contributed by atoms with Crippen molar-refractivity contribution in [2.24, 2.45) is 0 Å². The fourth-order valence-corrected chi connectivity index (χ4v) is 11.1. The molecule has 0 aliphatic heterocycles. The predicted octanol–water partition coefficient (Wildman–Crippen LogP) is 2.87. The molecule has 2 aliphatic carbocycles. The fraction of sp³-hybridized carbons (Fsp3) is 0.216. The molecule has 0 saturated carbocycles. The van der Waals surface area contributed by atoms with Crippen LogP contribution in [0.25, 0.3) is 11.1 Å². The summed E-state index contributed by atoms with van der Waals surface area (Å²) in [6.45, 7) is 9.30. The Kier molecular flexibility index (Phi) is 9.91. The zero-order valence-corrected chi connectivity index (χ0v) is 26.8. The Balaban J connectivity index is 0.00000185. The van der Waals surface area contributed by atoms with E-state index in [1.807, 2.05) is 0 Å². The van der Waals surface area contributed by atoms with E-state index < -0.39 is 17.4 Å². The summed E-state index contributed by atoms with van der Waals surface area (Å²) in [5, 5.41) is 0. The van der Waals surface area contributed by atoms with Crippen molar-refractivity contribution in [1.82, 2.24) is 0 Å². The van der Waals surface area contributed by atoms with Gasteiger partial charge in [0.15, 0.2) is 0 Å². The second-order valence-corrected chi connectivity index (χ2v) is 15.1. The van der Waals surface area contributed by atoms with Crippen molar-refractivity contribution in [1.29, 1.82) is 0 Å². The average Bonchev–Trinajstić information content (AvgIpc) is 3.60. The Labute approximate surface area is 258 Å². The Bertz CT molecular complexity index is 1550. The predicted molar refractivity (Wildman–Crippen MR) is 160 cm³/mol. The van der Waals surface area contributed by atoms with Gasteiger partial charge in [-0.3, -0.25) is 0 Å². The molecule has 0 fully saturated rings. The number of rotatable bonds is 6. The smallest absolute Gasteiger partial charge is 1.00 e. The molecule has 2 aliphatic rings. The molecule has 0 atom stereocenters. The van der Waals surface area contributed by atoms with Crippen LogP contribution in [0.5, 0.6) is 0 Å². The first kappa shape index (κ1) is 30.5. The van der Waals surface area contributed by atoms with Crippen LogP contribution in [-0.4, -0.2) is 3.81 Å². The van der Waals surface area contributed by atoms with Gasteiger partial charge in [0, 0.05) is 0 Å². The molecule has 3 heteroatoms. The molecule has 0 bridgehead atoms. The molecule has 0 N–H and O–H groups in total. The van der Waals surface area contributed by atoms with E-state index in [0.717, 1.165) is 12.8 Å². The normalized spacial score (nSPS) is 12.7. The van der Waals surface area contributed by atoms with Gasteiger partial charge < -0.3 is 24.8 Å². The number of halogens is 2. The van der Waals surface area contributed by atoms with Gasteiger partial charge in [0.25, 0.3) is 0 Å². The minimum Gasteiger partial charge on any atom is -1.00 e. The molecule has 6 rings (SSSR count). The molecule has 0 heterocycles. The van der Waals surface area contributed by atoms with Crippen molar-refractivity contribution < 1.29 is 42.2 Å². The van der Waals surface area contributed by atoms with E-state index in [1.165, 1.54) is 38.9 Å². The quantitative estimate of drug-likeness (QED) is 0.264. The number of fused-ring (bicyclic) bond motifs is 3. The van der Waals surface area contributed by atoms with Crippen LogP contribution in [0.15, 0.2) is 113 Å². The van der Waals surface area contributed by atoms with E-state index in [-0.39, 0.29) is 24.8 Å². The molecule has 202 valence electrons. The van der Waals surface area contributed by atoms with Crippen molar-refractivity contribution in [3.63, 3.8) is 0 Å². The first-order valence-electron chi connectivity index (χ1n) is 14.0. The Morgan fingerprint density at radius 3 is 1.82 bits per heavy atom. The zero-order valence-electron chi connectivity index (χ0n) is 23.7. The van der Waals surface area contributed by atoms with Gasteiger partial charge in [0.05, 0.1) is 0 Å². The third-order valence-electron chi connectivity index (χ3n) is 8.13. The molecule has 0 saturated heterocycles. The van der Waals surface area contributed by atoms with Gasteiger partial charge in [-0.2, -0.15) is 0 Å². The van der Waals surface area contributed by atoms with E-state index in [2.05, 4.69) is 137 Å². The summed E-state index contributed by atoms with van der Waals surface area (Å²) in [6.07, 6.45) is 9.20. The third-order valence-corrected chi connectivity index (χ3v) is 12.9. The second-order valence-electron chi connectivity index (χ2n) is 11.3. The van der Waals surface area contributed by atoms with E-state index in [4.69, 9.17) is 0 Å². The third kappa shape index (κ3) is 5.79. The first-order valence-corrected chi connectivity index (χ1v) is 16.4. The molecule has 0 unspecified atom stereocenters. The molecule has 0 amide bonds. The number of benzene rings is 4. The minimum atomic E-state index is -2.17. The van der Waals surface area contributed by atoms with Gasteiger partial charge in [-0.25, -0.2) is 0 Å². The zero-order chi connectivity index (χ0) is 26.2. The molecule has 4 aromatic carbocycles. The maximum atomic E-state index is 2.61. The van der Waals surface area contributed by atoms with Crippen LogP contribution in [-0.2, 0) is 23.8 Å². The van der Waals surface area contributed by atoms with Gasteiger partial charge in [-0.15, -0.1) is 0 Å². The van der Waals surface area contributed by atoms with Crippen LogP contribution in [0.1, 0.15) is 79.3 Å². The summed E-state index contributed by atoms with van der Waals surface area (Å²) in [5.74, 6) is 1.02.